The second-order valence-electron chi connectivity index (χ2n) is 5.43. The molecule has 0 amide bonds. The van der Waals surface area contributed by atoms with E-state index in [4.69, 9.17) is 5.73 Å². The zero-order valence-corrected chi connectivity index (χ0v) is 14.2. The Labute approximate surface area is 132 Å². The molecule has 8 heteroatoms. The van der Waals surface area contributed by atoms with Gasteiger partial charge in [-0.2, -0.15) is 0 Å². The van der Waals surface area contributed by atoms with Crippen LogP contribution in [-0.4, -0.2) is 40.0 Å². The molecule has 3 N–H and O–H groups in total. The molecule has 1 atom stereocenters. The highest BCUT2D eigenvalue weighted by molar-refractivity contribution is 9.10. The van der Waals surface area contributed by atoms with Gasteiger partial charge in [-0.1, -0.05) is 0 Å². The maximum Gasteiger partial charge on any atom is 0.243 e. The van der Waals surface area contributed by atoms with Crippen molar-refractivity contribution < 1.29 is 12.8 Å². The third-order valence-corrected chi connectivity index (χ3v) is 5.75. The lowest BCUT2D eigenvalue weighted by Gasteiger charge is -2.29. The molecule has 1 unspecified atom stereocenters. The highest BCUT2D eigenvalue weighted by Gasteiger charge is 2.23. The lowest BCUT2D eigenvalue weighted by molar-refractivity contribution is 0.211. The highest BCUT2D eigenvalue weighted by atomic mass is 79.9. The molecule has 1 aromatic rings. The number of anilines is 1. The van der Waals surface area contributed by atoms with Crippen molar-refractivity contribution >= 4 is 31.6 Å². The maximum atomic E-state index is 13.8. The van der Waals surface area contributed by atoms with Gasteiger partial charge in [-0.15, -0.1) is 0 Å². The van der Waals surface area contributed by atoms with Crippen LogP contribution in [0.5, 0.6) is 0 Å². The molecule has 1 aromatic carbocycles. The fourth-order valence-corrected chi connectivity index (χ4v) is 4.02. The molecule has 0 spiro atoms. The molecule has 0 radical (unpaired) electrons. The van der Waals surface area contributed by atoms with Gasteiger partial charge >= 0.3 is 0 Å². The molecule has 1 heterocycles. The Balaban J connectivity index is 2.10. The van der Waals surface area contributed by atoms with Gasteiger partial charge in [0.05, 0.1) is 0 Å². The number of hydrogen-bond acceptors (Lipinski definition) is 4. The SMILES string of the molecule is CN1CCCC(CNS(=O)(=O)c2cc(N)c(Br)cc2F)C1. The zero-order valence-electron chi connectivity index (χ0n) is 11.8. The first-order valence-electron chi connectivity index (χ1n) is 6.72. The van der Waals surface area contributed by atoms with E-state index in [-0.39, 0.29) is 11.6 Å². The number of halogens is 2. The smallest absolute Gasteiger partial charge is 0.243 e. The van der Waals surface area contributed by atoms with Crippen molar-refractivity contribution in [2.24, 2.45) is 5.92 Å². The molecule has 0 aliphatic carbocycles. The first-order chi connectivity index (χ1) is 9.79. The predicted molar refractivity (Wildman–Crippen MR) is 83.9 cm³/mol. The Hall–Kier alpha value is -0.700. The van der Waals surface area contributed by atoms with Crippen LogP contribution in [0.15, 0.2) is 21.5 Å². The van der Waals surface area contributed by atoms with Crippen molar-refractivity contribution in [3.05, 3.63) is 22.4 Å². The van der Waals surface area contributed by atoms with E-state index in [2.05, 4.69) is 25.6 Å². The lowest BCUT2D eigenvalue weighted by Crippen LogP contribution is -2.39. The number of nitrogens with zero attached hydrogens (tertiary/aromatic N) is 1. The molecule has 1 fully saturated rings. The summed E-state index contributed by atoms with van der Waals surface area (Å²) in [5.41, 5.74) is 5.82. The minimum Gasteiger partial charge on any atom is -0.398 e. The monoisotopic (exact) mass is 379 g/mol. The van der Waals surface area contributed by atoms with E-state index in [1.165, 1.54) is 0 Å². The van der Waals surface area contributed by atoms with Crippen molar-refractivity contribution in [1.29, 1.82) is 0 Å². The first kappa shape index (κ1) is 16.7. The Kier molecular flexibility index (Phi) is 5.24. The molecule has 0 saturated carbocycles. The molecular formula is C13H19BrFN3O2S. The van der Waals surface area contributed by atoms with Crippen LogP contribution in [0.25, 0.3) is 0 Å². The zero-order chi connectivity index (χ0) is 15.6. The second-order valence-corrected chi connectivity index (χ2v) is 8.02. The van der Waals surface area contributed by atoms with Crippen molar-refractivity contribution in [3.8, 4) is 0 Å². The average molecular weight is 380 g/mol. The number of hydrogen-bond donors (Lipinski definition) is 2. The topological polar surface area (TPSA) is 75.4 Å². The number of sulfonamides is 1. The predicted octanol–water partition coefficient (Wildman–Crippen LogP) is 1.79. The Morgan fingerprint density at radius 2 is 2.24 bits per heavy atom. The number of piperidine rings is 1. The van der Waals surface area contributed by atoms with Crippen LogP contribution < -0.4 is 10.5 Å². The Morgan fingerprint density at radius 3 is 2.90 bits per heavy atom. The molecular weight excluding hydrogens is 361 g/mol. The van der Waals surface area contributed by atoms with Gasteiger partial charge < -0.3 is 10.6 Å². The van der Waals surface area contributed by atoms with E-state index in [9.17, 15) is 12.8 Å². The molecule has 1 aliphatic rings. The number of nitrogen functional groups attached to an aromatic ring is 1. The summed E-state index contributed by atoms with van der Waals surface area (Å²) in [5.74, 6) is -0.571. The molecule has 21 heavy (non-hydrogen) atoms. The molecule has 0 bridgehead atoms. The van der Waals surface area contributed by atoms with Crippen LogP contribution in [0.4, 0.5) is 10.1 Å². The highest BCUT2D eigenvalue weighted by Crippen LogP contribution is 2.26. The third-order valence-electron chi connectivity index (χ3n) is 3.62. The Morgan fingerprint density at radius 1 is 1.52 bits per heavy atom. The van der Waals surface area contributed by atoms with Crippen molar-refractivity contribution in [3.63, 3.8) is 0 Å². The second kappa shape index (κ2) is 6.60. The van der Waals surface area contributed by atoms with Gasteiger partial charge in [0.15, 0.2) is 0 Å². The summed E-state index contributed by atoms with van der Waals surface area (Å²) < 4.78 is 41.1. The molecule has 1 aliphatic heterocycles. The van der Waals surface area contributed by atoms with Crippen LogP contribution in [0.3, 0.4) is 0 Å². The summed E-state index contributed by atoms with van der Waals surface area (Å²) in [5, 5.41) is 0. The van der Waals surface area contributed by atoms with Gasteiger partial charge in [-0.3, -0.25) is 0 Å². The van der Waals surface area contributed by atoms with Crippen LogP contribution in [0.2, 0.25) is 0 Å². The molecule has 118 valence electrons. The quantitative estimate of drug-likeness (QED) is 0.781. The van der Waals surface area contributed by atoms with E-state index in [1.807, 2.05) is 7.05 Å². The van der Waals surface area contributed by atoms with Gasteiger partial charge in [0.25, 0.3) is 0 Å². The fraction of sp³-hybridized carbons (Fsp3) is 0.538. The summed E-state index contributed by atoms with van der Waals surface area (Å²) in [6, 6.07) is 2.20. The van der Waals surface area contributed by atoms with Crippen molar-refractivity contribution in [2.75, 3.05) is 32.4 Å². The van der Waals surface area contributed by atoms with Crippen molar-refractivity contribution in [1.82, 2.24) is 9.62 Å². The van der Waals surface area contributed by atoms with E-state index in [1.54, 1.807) is 0 Å². The molecule has 5 nitrogen and oxygen atoms in total. The van der Waals surface area contributed by atoms with Gasteiger partial charge in [-0.25, -0.2) is 17.5 Å². The third kappa shape index (κ3) is 4.15. The van der Waals surface area contributed by atoms with E-state index in [0.717, 1.165) is 38.1 Å². The Bertz CT molecular complexity index is 624. The summed E-state index contributed by atoms with van der Waals surface area (Å²) >= 11 is 3.07. The molecule has 0 aromatic heterocycles. The van der Waals surface area contributed by atoms with Crippen LogP contribution >= 0.6 is 15.9 Å². The number of nitrogens with one attached hydrogen (secondary N) is 1. The molecule has 2 rings (SSSR count). The number of benzene rings is 1. The van der Waals surface area contributed by atoms with Crippen LogP contribution in [0, 0.1) is 11.7 Å². The number of rotatable bonds is 4. The van der Waals surface area contributed by atoms with E-state index >= 15 is 0 Å². The number of nitrogens with two attached hydrogens (primary N) is 1. The maximum absolute atomic E-state index is 13.8. The normalized spacial score (nSPS) is 20.6. The minimum atomic E-state index is -3.89. The van der Waals surface area contributed by atoms with Gasteiger partial charge in [0.2, 0.25) is 10.0 Å². The summed E-state index contributed by atoms with van der Waals surface area (Å²) in [6.45, 7) is 2.18. The van der Waals surface area contributed by atoms with Gasteiger partial charge in [-0.05, 0) is 60.4 Å². The standard InChI is InChI=1S/C13H19BrFN3O2S/c1-18-4-2-3-9(8-18)7-17-21(19,20)13-6-12(16)10(14)5-11(13)15/h5-6,9,17H,2-4,7-8,16H2,1H3. The molecule has 1 saturated heterocycles. The van der Waals surface area contributed by atoms with Crippen LogP contribution in [0.1, 0.15) is 12.8 Å². The summed E-state index contributed by atoms with van der Waals surface area (Å²) in [7, 11) is -1.88. The van der Waals surface area contributed by atoms with Crippen LogP contribution in [-0.2, 0) is 10.0 Å². The first-order valence-corrected chi connectivity index (χ1v) is 9.00. The van der Waals surface area contributed by atoms with E-state index < -0.39 is 20.7 Å². The fourth-order valence-electron chi connectivity index (χ4n) is 2.50. The van der Waals surface area contributed by atoms with Crippen molar-refractivity contribution in [2.45, 2.75) is 17.7 Å². The lowest BCUT2D eigenvalue weighted by atomic mass is 9.99. The number of likely N-dealkylation sites (tertiary alicyclic amines) is 1. The van der Waals surface area contributed by atoms with Gasteiger partial charge in [0.1, 0.15) is 10.7 Å². The largest absolute Gasteiger partial charge is 0.398 e. The summed E-state index contributed by atoms with van der Waals surface area (Å²) in [4.78, 5) is 1.76. The van der Waals surface area contributed by atoms with Gasteiger partial charge in [0, 0.05) is 23.2 Å². The average Bonchev–Trinajstić information content (AvgIpc) is 2.41. The van der Waals surface area contributed by atoms with E-state index in [0.29, 0.717) is 11.0 Å². The summed E-state index contributed by atoms with van der Waals surface area (Å²) in [6.07, 6.45) is 2.01. The minimum absolute atomic E-state index is 0.189.